The molecule has 0 heterocycles. The topological polar surface area (TPSA) is 70.1 Å². The van der Waals surface area contributed by atoms with Gasteiger partial charge < -0.3 is 10.8 Å². The minimum Gasteiger partial charge on any atom is -0.385 e. The summed E-state index contributed by atoms with van der Waals surface area (Å²) in [5, 5.41) is 16.4. The number of aliphatic hydroxyl groups excluding tert-OH is 1. The summed E-state index contributed by atoms with van der Waals surface area (Å²) in [5.41, 5.74) is 5.77. The molecule has 0 amide bonds. The first kappa shape index (κ1) is 9.22. The molecule has 1 atom stereocenters. The molecule has 0 fully saturated rings. The summed E-state index contributed by atoms with van der Waals surface area (Å²) in [4.78, 5) is 0. The van der Waals surface area contributed by atoms with E-state index in [4.69, 9.17) is 11.1 Å². The van der Waals surface area contributed by atoms with Gasteiger partial charge >= 0.3 is 0 Å². The molecule has 0 aromatic heterocycles. The van der Waals surface area contributed by atoms with Crippen molar-refractivity contribution >= 4 is 21.8 Å². The fourth-order valence-electron chi connectivity index (χ4n) is 0.864. The molecule has 64 valence electrons. The predicted octanol–water partition coefficient (Wildman–Crippen LogP) is 1.42. The number of hydrogen-bond acceptors (Lipinski definition) is 2. The van der Waals surface area contributed by atoms with Gasteiger partial charge in [-0.15, -0.1) is 0 Å². The van der Waals surface area contributed by atoms with Crippen molar-refractivity contribution in [2.24, 2.45) is 5.73 Å². The van der Waals surface area contributed by atoms with E-state index in [9.17, 15) is 5.11 Å². The number of halogens is 1. The number of nitrogens with one attached hydrogen (secondary N) is 1. The van der Waals surface area contributed by atoms with Crippen molar-refractivity contribution in [1.29, 1.82) is 5.41 Å². The SMILES string of the molecule is N=C(N)C(O)c1ccccc1Br. The Bertz CT molecular complexity index is 301. The number of hydrogen-bond donors (Lipinski definition) is 3. The standard InChI is InChI=1S/C8H9BrN2O/c9-6-4-2-1-3-5(6)7(12)8(10)11/h1-4,7,12H,(H3,10,11). The van der Waals surface area contributed by atoms with Gasteiger partial charge in [-0.05, 0) is 6.07 Å². The highest BCUT2D eigenvalue weighted by molar-refractivity contribution is 9.10. The summed E-state index contributed by atoms with van der Waals surface area (Å²) in [6, 6.07) is 7.13. The zero-order valence-electron chi connectivity index (χ0n) is 6.29. The van der Waals surface area contributed by atoms with Gasteiger partial charge in [-0.1, -0.05) is 34.1 Å². The Morgan fingerprint density at radius 2 is 2.08 bits per heavy atom. The lowest BCUT2D eigenvalue weighted by atomic mass is 10.1. The second-order valence-electron chi connectivity index (χ2n) is 2.38. The maximum Gasteiger partial charge on any atom is 0.136 e. The first-order chi connectivity index (χ1) is 5.63. The quantitative estimate of drug-likeness (QED) is 0.530. The lowest BCUT2D eigenvalue weighted by molar-refractivity contribution is 0.244. The molecule has 4 N–H and O–H groups in total. The highest BCUT2D eigenvalue weighted by atomic mass is 79.9. The van der Waals surface area contributed by atoms with Crippen molar-refractivity contribution in [3.8, 4) is 0 Å². The second-order valence-corrected chi connectivity index (χ2v) is 3.23. The Kier molecular flexibility index (Phi) is 2.83. The van der Waals surface area contributed by atoms with Crippen molar-refractivity contribution < 1.29 is 5.11 Å². The molecule has 0 aliphatic heterocycles. The molecule has 0 spiro atoms. The van der Waals surface area contributed by atoms with Crippen LogP contribution in [-0.2, 0) is 0 Å². The summed E-state index contributed by atoms with van der Waals surface area (Å²) in [7, 11) is 0. The van der Waals surface area contributed by atoms with E-state index in [0.717, 1.165) is 4.47 Å². The summed E-state index contributed by atoms with van der Waals surface area (Å²) in [6.07, 6.45) is -1.01. The van der Waals surface area contributed by atoms with Gasteiger partial charge in [0.1, 0.15) is 11.9 Å². The molecule has 0 aliphatic rings. The maximum atomic E-state index is 9.40. The summed E-state index contributed by atoms with van der Waals surface area (Å²) in [6.45, 7) is 0. The molecule has 0 bridgehead atoms. The predicted molar refractivity (Wildman–Crippen MR) is 51.0 cm³/mol. The molecule has 0 aliphatic carbocycles. The Morgan fingerprint density at radius 3 is 2.58 bits per heavy atom. The van der Waals surface area contributed by atoms with Crippen LogP contribution in [0.15, 0.2) is 28.7 Å². The van der Waals surface area contributed by atoms with Crippen LogP contribution in [0.4, 0.5) is 0 Å². The molecule has 1 aromatic rings. The van der Waals surface area contributed by atoms with E-state index < -0.39 is 6.10 Å². The highest BCUT2D eigenvalue weighted by Crippen LogP contribution is 2.22. The van der Waals surface area contributed by atoms with E-state index >= 15 is 0 Å². The van der Waals surface area contributed by atoms with Crippen LogP contribution in [0.25, 0.3) is 0 Å². The van der Waals surface area contributed by atoms with E-state index in [1.807, 2.05) is 6.07 Å². The van der Waals surface area contributed by atoms with Gasteiger partial charge in [0.15, 0.2) is 0 Å². The van der Waals surface area contributed by atoms with Crippen LogP contribution in [0.1, 0.15) is 11.7 Å². The minimum atomic E-state index is -1.01. The van der Waals surface area contributed by atoms with Gasteiger partial charge in [0.25, 0.3) is 0 Å². The van der Waals surface area contributed by atoms with Gasteiger partial charge in [0.05, 0.1) is 0 Å². The zero-order valence-corrected chi connectivity index (χ0v) is 7.88. The lowest BCUT2D eigenvalue weighted by Crippen LogP contribution is -2.20. The third kappa shape index (κ3) is 1.84. The van der Waals surface area contributed by atoms with Gasteiger partial charge in [0, 0.05) is 10.0 Å². The smallest absolute Gasteiger partial charge is 0.136 e. The van der Waals surface area contributed by atoms with Gasteiger partial charge in [-0.25, -0.2) is 0 Å². The van der Waals surface area contributed by atoms with Crippen molar-refractivity contribution in [3.63, 3.8) is 0 Å². The average Bonchev–Trinajstić information content (AvgIpc) is 2.04. The molecular weight excluding hydrogens is 220 g/mol. The van der Waals surface area contributed by atoms with Crippen molar-refractivity contribution in [2.75, 3.05) is 0 Å². The van der Waals surface area contributed by atoms with Crippen LogP contribution in [0, 0.1) is 5.41 Å². The summed E-state index contributed by atoms with van der Waals surface area (Å²) >= 11 is 3.25. The fraction of sp³-hybridized carbons (Fsp3) is 0.125. The van der Waals surface area contributed by atoms with E-state index in [1.54, 1.807) is 18.2 Å². The normalized spacial score (nSPS) is 12.5. The number of rotatable bonds is 2. The minimum absolute atomic E-state index is 0.248. The van der Waals surface area contributed by atoms with Gasteiger partial charge in [-0.2, -0.15) is 0 Å². The third-order valence-electron chi connectivity index (χ3n) is 1.49. The van der Waals surface area contributed by atoms with E-state index in [1.165, 1.54) is 0 Å². The average molecular weight is 229 g/mol. The molecular formula is C8H9BrN2O. The summed E-state index contributed by atoms with van der Waals surface area (Å²) < 4.78 is 0.757. The molecule has 0 radical (unpaired) electrons. The Morgan fingerprint density at radius 1 is 1.50 bits per heavy atom. The first-order valence-corrected chi connectivity index (χ1v) is 4.18. The molecule has 0 saturated heterocycles. The molecule has 1 rings (SSSR count). The van der Waals surface area contributed by atoms with E-state index in [0.29, 0.717) is 5.56 Å². The summed E-state index contributed by atoms with van der Waals surface area (Å²) in [5.74, 6) is -0.248. The van der Waals surface area contributed by atoms with Crippen LogP contribution in [0.2, 0.25) is 0 Å². The number of amidine groups is 1. The highest BCUT2D eigenvalue weighted by Gasteiger charge is 2.12. The van der Waals surface area contributed by atoms with Crippen LogP contribution >= 0.6 is 15.9 Å². The molecule has 4 heteroatoms. The Balaban J connectivity index is 3.02. The van der Waals surface area contributed by atoms with E-state index in [2.05, 4.69) is 15.9 Å². The molecule has 1 aromatic carbocycles. The number of nitrogens with two attached hydrogens (primary N) is 1. The molecule has 3 nitrogen and oxygen atoms in total. The van der Waals surface area contributed by atoms with Crippen LogP contribution in [0.3, 0.4) is 0 Å². The van der Waals surface area contributed by atoms with Crippen LogP contribution < -0.4 is 5.73 Å². The van der Waals surface area contributed by atoms with Crippen LogP contribution in [0.5, 0.6) is 0 Å². The van der Waals surface area contributed by atoms with Gasteiger partial charge in [-0.3, -0.25) is 5.41 Å². The Hall–Kier alpha value is -0.870. The van der Waals surface area contributed by atoms with Crippen molar-refractivity contribution in [3.05, 3.63) is 34.3 Å². The van der Waals surface area contributed by atoms with Crippen molar-refractivity contribution in [2.45, 2.75) is 6.10 Å². The van der Waals surface area contributed by atoms with Crippen LogP contribution in [-0.4, -0.2) is 10.9 Å². The molecule has 12 heavy (non-hydrogen) atoms. The maximum absolute atomic E-state index is 9.40. The number of benzene rings is 1. The monoisotopic (exact) mass is 228 g/mol. The van der Waals surface area contributed by atoms with Gasteiger partial charge in [0.2, 0.25) is 0 Å². The molecule has 1 unspecified atom stereocenters. The number of aliphatic hydroxyl groups is 1. The molecule has 0 saturated carbocycles. The zero-order chi connectivity index (χ0) is 9.14. The lowest BCUT2D eigenvalue weighted by Gasteiger charge is -2.09. The Labute approximate surface area is 78.8 Å². The van der Waals surface area contributed by atoms with E-state index in [-0.39, 0.29) is 5.84 Å². The largest absolute Gasteiger partial charge is 0.385 e. The third-order valence-corrected chi connectivity index (χ3v) is 2.22. The first-order valence-electron chi connectivity index (χ1n) is 3.39. The van der Waals surface area contributed by atoms with Crippen molar-refractivity contribution in [1.82, 2.24) is 0 Å². The fourth-order valence-corrected chi connectivity index (χ4v) is 1.37. The second kappa shape index (κ2) is 3.69.